The van der Waals surface area contributed by atoms with Crippen LogP contribution < -0.4 is 11.1 Å². The smallest absolute Gasteiger partial charge is 0.435 e. The zero-order valence-corrected chi connectivity index (χ0v) is 32.4. The summed E-state index contributed by atoms with van der Waals surface area (Å²) in [6, 6.07) is 5.59. The van der Waals surface area contributed by atoms with E-state index < -0.39 is 23.4 Å². The van der Waals surface area contributed by atoms with Crippen molar-refractivity contribution in [2.24, 2.45) is 13.0 Å². The number of imidazole rings is 1. The maximum Gasteiger partial charge on any atom is 0.435 e. The van der Waals surface area contributed by atoms with E-state index in [4.69, 9.17) is 33.7 Å². The van der Waals surface area contributed by atoms with Crippen LogP contribution in [0.1, 0.15) is 60.3 Å². The number of nitrogens with one attached hydrogen (secondary N) is 1. The van der Waals surface area contributed by atoms with E-state index in [-0.39, 0.29) is 86.8 Å². The third-order valence-electron chi connectivity index (χ3n) is 9.38. The van der Waals surface area contributed by atoms with E-state index in [1.165, 1.54) is 42.1 Å². The van der Waals surface area contributed by atoms with Gasteiger partial charge in [-0.2, -0.15) is 18.3 Å². The predicted molar refractivity (Wildman–Crippen MR) is 200 cm³/mol. The zero-order chi connectivity index (χ0) is 40.7. The van der Waals surface area contributed by atoms with E-state index in [1.54, 1.807) is 35.5 Å². The standard InChI is InChI=1S/C36H39Cl2F3N10O5/c1-35(2,3)56-34(55)50-9-7-20(8-10-50)32(53)48-11-13-49(14-12-48)33(54)22-6-5-21(15-24(22)37)45-31(52)30-44-18-27(47(30)4)23-19-51(46-29(23)36(39,40)41)28-16-25(38)26(42)17-43-28/h5-6,15-20H,7-14,42H2,1-4H3,(H,45,52). The molecule has 5 heterocycles. The number of amides is 4. The first-order valence-corrected chi connectivity index (χ1v) is 18.3. The van der Waals surface area contributed by atoms with Crippen molar-refractivity contribution < 1.29 is 37.1 Å². The number of piperazine rings is 1. The van der Waals surface area contributed by atoms with Crippen molar-refractivity contribution >= 4 is 58.4 Å². The number of likely N-dealkylation sites (tertiary alicyclic amines) is 1. The lowest BCUT2D eigenvalue weighted by atomic mass is 9.95. The van der Waals surface area contributed by atoms with Crippen molar-refractivity contribution in [1.29, 1.82) is 0 Å². The number of hydrogen-bond acceptors (Lipinski definition) is 9. The Morgan fingerprint density at radius 3 is 2.16 bits per heavy atom. The van der Waals surface area contributed by atoms with Crippen molar-refractivity contribution in [2.45, 2.75) is 45.4 Å². The molecule has 2 fully saturated rings. The highest BCUT2D eigenvalue weighted by molar-refractivity contribution is 6.34. The van der Waals surface area contributed by atoms with Crippen LogP contribution in [0, 0.1) is 5.92 Å². The molecule has 0 spiro atoms. The van der Waals surface area contributed by atoms with Gasteiger partial charge in [-0.3, -0.25) is 14.4 Å². The number of aromatic nitrogens is 5. The Balaban J connectivity index is 1.06. The highest BCUT2D eigenvalue weighted by Gasteiger charge is 2.39. The SMILES string of the molecule is Cn1c(-c2cn(-c3cc(Cl)c(N)cn3)nc2C(F)(F)F)cnc1C(=O)Nc1ccc(C(=O)N2CCN(C(=O)C3CCN(C(=O)OC(C)(C)C)CC3)CC2)c(Cl)c1. The fourth-order valence-corrected chi connectivity index (χ4v) is 6.87. The van der Waals surface area contributed by atoms with Gasteiger partial charge in [0.15, 0.2) is 17.3 Å². The molecule has 56 heavy (non-hydrogen) atoms. The van der Waals surface area contributed by atoms with Crippen LogP contribution in [0.2, 0.25) is 10.0 Å². The molecule has 6 rings (SSSR count). The normalized spacial score (nSPS) is 15.6. The number of alkyl halides is 3. The number of ether oxygens (including phenoxy) is 1. The van der Waals surface area contributed by atoms with Gasteiger partial charge >= 0.3 is 12.3 Å². The molecule has 0 saturated carbocycles. The molecule has 0 bridgehead atoms. The molecule has 2 aliphatic heterocycles. The third-order valence-corrected chi connectivity index (χ3v) is 10.0. The Labute approximate surface area is 329 Å². The number of nitrogen functional groups attached to an aromatic ring is 1. The fraction of sp³-hybridized carbons (Fsp3) is 0.417. The summed E-state index contributed by atoms with van der Waals surface area (Å²) >= 11 is 12.6. The van der Waals surface area contributed by atoms with Crippen LogP contribution in [0.15, 0.2) is 42.9 Å². The number of carbonyl (C=O) groups excluding carboxylic acids is 4. The topological polar surface area (TPSA) is 174 Å². The lowest BCUT2D eigenvalue weighted by Gasteiger charge is -2.38. The molecule has 3 aromatic heterocycles. The first kappa shape index (κ1) is 40.3. The summed E-state index contributed by atoms with van der Waals surface area (Å²) in [6.45, 7) is 7.53. The summed E-state index contributed by atoms with van der Waals surface area (Å²) in [5, 5.41) is 6.44. The average Bonchev–Trinajstić information content (AvgIpc) is 3.76. The first-order chi connectivity index (χ1) is 26.3. The first-order valence-electron chi connectivity index (χ1n) is 17.6. The van der Waals surface area contributed by atoms with Crippen LogP contribution in [0.25, 0.3) is 17.1 Å². The van der Waals surface area contributed by atoms with Crippen LogP contribution in [-0.2, 0) is 22.8 Å². The molecule has 3 N–H and O–H groups in total. The van der Waals surface area contributed by atoms with Crippen molar-refractivity contribution in [3.8, 4) is 17.1 Å². The van der Waals surface area contributed by atoms with Crippen LogP contribution in [0.5, 0.6) is 0 Å². The van der Waals surface area contributed by atoms with Crippen LogP contribution >= 0.6 is 23.2 Å². The second-order valence-corrected chi connectivity index (χ2v) is 15.2. The van der Waals surface area contributed by atoms with Crippen molar-refractivity contribution in [1.82, 2.24) is 39.0 Å². The van der Waals surface area contributed by atoms with E-state index in [1.807, 2.05) is 0 Å². The number of nitrogens with zero attached hydrogens (tertiary/aromatic N) is 8. The Morgan fingerprint density at radius 1 is 0.893 bits per heavy atom. The Morgan fingerprint density at radius 2 is 1.55 bits per heavy atom. The van der Waals surface area contributed by atoms with Crippen LogP contribution in [0.4, 0.5) is 29.3 Å². The highest BCUT2D eigenvalue weighted by Crippen LogP contribution is 2.37. The van der Waals surface area contributed by atoms with Gasteiger partial charge in [-0.1, -0.05) is 23.2 Å². The number of piperidine rings is 1. The summed E-state index contributed by atoms with van der Waals surface area (Å²) in [6.07, 6.45) is -0.784. The Hall–Kier alpha value is -5.36. The molecule has 0 unspecified atom stereocenters. The minimum absolute atomic E-state index is 0.00409. The number of nitrogens with two attached hydrogens (primary N) is 1. The van der Waals surface area contributed by atoms with Gasteiger partial charge in [-0.15, -0.1) is 0 Å². The van der Waals surface area contributed by atoms with Crippen LogP contribution in [-0.4, -0.2) is 108 Å². The van der Waals surface area contributed by atoms with Gasteiger partial charge in [-0.05, 0) is 51.8 Å². The van der Waals surface area contributed by atoms with Gasteiger partial charge in [0, 0.05) is 70.2 Å². The summed E-state index contributed by atoms with van der Waals surface area (Å²) in [5.41, 5.74) is 3.96. The van der Waals surface area contributed by atoms with E-state index in [0.717, 1.165) is 17.1 Å². The molecule has 4 amide bonds. The molecule has 15 nitrogen and oxygen atoms in total. The predicted octanol–water partition coefficient (Wildman–Crippen LogP) is 5.76. The quantitative estimate of drug-likeness (QED) is 0.245. The lowest BCUT2D eigenvalue weighted by molar-refractivity contribution is -0.141. The second-order valence-electron chi connectivity index (χ2n) is 14.4. The van der Waals surface area contributed by atoms with Gasteiger partial charge in [0.05, 0.1) is 44.9 Å². The maximum atomic E-state index is 14.1. The highest BCUT2D eigenvalue weighted by atomic mass is 35.5. The molecule has 2 aliphatic rings. The lowest BCUT2D eigenvalue weighted by Crippen LogP contribution is -2.53. The van der Waals surface area contributed by atoms with Gasteiger partial charge in [-0.25, -0.2) is 19.4 Å². The third kappa shape index (κ3) is 8.70. The summed E-state index contributed by atoms with van der Waals surface area (Å²) in [4.78, 5) is 65.4. The van der Waals surface area contributed by atoms with E-state index in [0.29, 0.717) is 39.0 Å². The molecular weight excluding hydrogens is 780 g/mol. The molecule has 4 aromatic rings. The number of carbonyl (C=O) groups is 4. The molecule has 20 heteroatoms. The minimum atomic E-state index is -4.87. The number of anilines is 2. The monoisotopic (exact) mass is 818 g/mol. The maximum absolute atomic E-state index is 14.1. The van der Waals surface area contributed by atoms with Crippen molar-refractivity contribution in [3.05, 3.63) is 70.0 Å². The Kier molecular flexibility index (Phi) is 11.3. The fourth-order valence-electron chi connectivity index (χ4n) is 6.46. The number of benzene rings is 1. The molecule has 0 atom stereocenters. The van der Waals surface area contributed by atoms with Crippen LogP contribution in [0.3, 0.4) is 0 Å². The number of rotatable bonds is 6. The van der Waals surface area contributed by atoms with Gasteiger partial charge in [0.25, 0.3) is 11.8 Å². The summed E-state index contributed by atoms with van der Waals surface area (Å²) < 4.78 is 49.8. The minimum Gasteiger partial charge on any atom is -0.444 e. The largest absolute Gasteiger partial charge is 0.444 e. The van der Waals surface area contributed by atoms with E-state index in [9.17, 15) is 32.3 Å². The Bertz CT molecular complexity index is 2170. The summed E-state index contributed by atoms with van der Waals surface area (Å²) in [5.74, 6) is -1.56. The van der Waals surface area contributed by atoms with Crippen molar-refractivity contribution in [3.63, 3.8) is 0 Å². The molecule has 2 saturated heterocycles. The number of halogens is 5. The van der Waals surface area contributed by atoms with Gasteiger partial charge in [0.2, 0.25) is 5.91 Å². The number of hydrogen-bond donors (Lipinski definition) is 2. The molecule has 1 aromatic carbocycles. The zero-order valence-electron chi connectivity index (χ0n) is 30.9. The van der Waals surface area contributed by atoms with E-state index in [2.05, 4.69) is 20.4 Å². The summed E-state index contributed by atoms with van der Waals surface area (Å²) in [7, 11) is 1.38. The van der Waals surface area contributed by atoms with Gasteiger partial charge < -0.3 is 35.1 Å². The average molecular weight is 820 g/mol. The van der Waals surface area contributed by atoms with Crippen molar-refractivity contribution in [2.75, 3.05) is 50.3 Å². The molecule has 0 aliphatic carbocycles. The van der Waals surface area contributed by atoms with E-state index >= 15 is 0 Å². The molecular formula is C36H39Cl2F3N10O5. The second kappa shape index (κ2) is 15.6. The molecule has 0 radical (unpaired) electrons. The molecule has 298 valence electrons. The van der Waals surface area contributed by atoms with Gasteiger partial charge in [0.1, 0.15) is 5.60 Å². The number of pyridine rings is 1.